The Hall–Kier alpha value is -2.90. The lowest BCUT2D eigenvalue weighted by Gasteiger charge is -2.10. The summed E-state index contributed by atoms with van der Waals surface area (Å²) in [6.45, 7) is 4.29. The van der Waals surface area contributed by atoms with E-state index < -0.39 is 11.2 Å². The minimum Gasteiger partial charge on any atom is -0.368 e. The molecule has 1 amide bonds. The van der Waals surface area contributed by atoms with Crippen LogP contribution in [-0.2, 0) is 11.3 Å². The lowest BCUT2D eigenvalue weighted by Crippen LogP contribution is -2.37. The number of carbonyl (C=O) groups is 1. The van der Waals surface area contributed by atoms with Gasteiger partial charge in [0.15, 0.2) is 0 Å². The van der Waals surface area contributed by atoms with Crippen LogP contribution in [0.25, 0.3) is 0 Å². The largest absolute Gasteiger partial charge is 0.368 e. The lowest BCUT2D eigenvalue weighted by molar-refractivity contribution is -0.121. The molecule has 0 aromatic carbocycles. The third-order valence-electron chi connectivity index (χ3n) is 3.25. The maximum atomic E-state index is 11.8. The molecular formula is C15H19N5O3. The first-order valence-electron chi connectivity index (χ1n) is 7.20. The molecule has 8 nitrogen and oxygen atoms in total. The van der Waals surface area contributed by atoms with E-state index in [0.717, 1.165) is 11.4 Å². The fourth-order valence-electron chi connectivity index (χ4n) is 2.00. The van der Waals surface area contributed by atoms with Crippen molar-refractivity contribution in [3.63, 3.8) is 0 Å². The van der Waals surface area contributed by atoms with Crippen molar-refractivity contribution in [2.75, 3.05) is 18.4 Å². The highest BCUT2D eigenvalue weighted by Gasteiger charge is 2.06. The standard InChI is InChI=1S/C15H19N5O3/c1-10-4-3-5-17-13(10)18-7-6-16-12(21)9-20-8-11(2)14(22)19-15(20)23/h3-5,8H,6-7,9H2,1-2H3,(H,16,21)(H,17,18)(H,19,22,23). The number of aromatic nitrogens is 3. The van der Waals surface area contributed by atoms with Crippen LogP contribution in [0.2, 0.25) is 0 Å². The number of amides is 1. The molecule has 2 heterocycles. The van der Waals surface area contributed by atoms with Gasteiger partial charge in [-0.05, 0) is 25.5 Å². The van der Waals surface area contributed by atoms with Crippen LogP contribution < -0.4 is 21.9 Å². The Bertz CT molecular complexity index is 809. The first kappa shape index (κ1) is 16.5. The van der Waals surface area contributed by atoms with Crippen LogP contribution in [0.4, 0.5) is 5.82 Å². The number of hydrogen-bond donors (Lipinski definition) is 3. The van der Waals surface area contributed by atoms with Gasteiger partial charge in [0.25, 0.3) is 5.56 Å². The van der Waals surface area contributed by atoms with Gasteiger partial charge in [0, 0.05) is 31.0 Å². The molecule has 3 N–H and O–H groups in total. The fraction of sp³-hybridized carbons (Fsp3) is 0.333. The molecular weight excluding hydrogens is 298 g/mol. The summed E-state index contributed by atoms with van der Waals surface area (Å²) in [4.78, 5) is 41.0. The normalized spacial score (nSPS) is 10.3. The maximum Gasteiger partial charge on any atom is 0.328 e. The first-order valence-corrected chi connectivity index (χ1v) is 7.20. The second kappa shape index (κ2) is 7.39. The van der Waals surface area contributed by atoms with Gasteiger partial charge in [0.2, 0.25) is 5.91 Å². The van der Waals surface area contributed by atoms with Crippen molar-refractivity contribution in [1.29, 1.82) is 0 Å². The number of nitrogens with one attached hydrogen (secondary N) is 3. The molecule has 0 aliphatic rings. The maximum absolute atomic E-state index is 11.8. The molecule has 0 atom stereocenters. The van der Waals surface area contributed by atoms with E-state index in [-0.39, 0.29) is 12.5 Å². The van der Waals surface area contributed by atoms with Gasteiger partial charge in [0.05, 0.1) is 0 Å². The smallest absolute Gasteiger partial charge is 0.328 e. The topological polar surface area (TPSA) is 109 Å². The summed E-state index contributed by atoms with van der Waals surface area (Å²) >= 11 is 0. The van der Waals surface area contributed by atoms with Crippen LogP contribution in [-0.4, -0.2) is 33.5 Å². The summed E-state index contributed by atoms with van der Waals surface area (Å²) in [7, 11) is 0. The molecule has 122 valence electrons. The number of pyridine rings is 1. The van der Waals surface area contributed by atoms with E-state index in [9.17, 15) is 14.4 Å². The average Bonchev–Trinajstić information content (AvgIpc) is 2.51. The van der Waals surface area contributed by atoms with E-state index >= 15 is 0 Å². The minimum atomic E-state index is -0.599. The highest BCUT2D eigenvalue weighted by molar-refractivity contribution is 5.75. The Labute approximate surface area is 132 Å². The molecule has 8 heteroatoms. The fourth-order valence-corrected chi connectivity index (χ4v) is 2.00. The molecule has 2 rings (SSSR count). The van der Waals surface area contributed by atoms with Crippen molar-refractivity contribution < 1.29 is 4.79 Å². The quantitative estimate of drug-likeness (QED) is 0.638. The van der Waals surface area contributed by atoms with Crippen molar-refractivity contribution >= 4 is 11.7 Å². The second-order valence-corrected chi connectivity index (χ2v) is 5.14. The van der Waals surface area contributed by atoms with Gasteiger partial charge >= 0.3 is 5.69 Å². The van der Waals surface area contributed by atoms with E-state index in [4.69, 9.17) is 0 Å². The number of H-pyrrole nitrogens is 1. The summed E-state index contributed by atoms with van der Waals surface area (Å²) in [6.07, 6.45) is 3.06. The second-order valence-electron chi connectivity index (χ2n) is 5.14. The van der Waals surface area contributed by atoms with Gasteiger partial charge in [0.1, 0.15) is 12.4 Å². The average molecular weight is 317 g/mol. The number of rotatable bonds is 6. The molecule has 0 aliphatic carbocycles. The molecule has 0 saturated heterocycles. The van der Waals surface area contributed by atoms with E-state index in [1.165, 1.54) is 10.8 Å². The van der Waals surface area contributed by atoms with Crippen molar-refractivity contribution in [3.8, 4) is 0 Å². The van der Waals surface area contributed by atoms with E-state index in [0.29, 0.717) is 18.7 Å². The monoisotopic (exact) mass is 317 g/mol. The van der Waals surface area contributed by atoms with Gasteiger partial charge in [-0.15, -0.1) is 0 Å². The SMILES string of the molecule is Cc1cccnc1NCCNC(=O)Cn1cc(C)c(=O)[nH]c1=O. The molecule has 0 fully saturated rings. The van der Waals surface area contributed by atoms with E-state index in [1.807, 2.05) is 19.1 Å². The third-order valence-corrected chi connectivity index (χ3v) is 3.25. The summed E-state index contributed by atoms with van der Waals surface area (Å²) in [5, 5.41) is 5.82. The molecule has 0 saturated carbocycles. The lowest BCUT2D eigenvalue weighted by atomic mass is 10.3. The van der Waals surface area contributed by atoms with Gasteiger partial charge in [-0.2, -0.15) is 0 Å². The summed E-state index contributed by atoms with van der Waals surface area (Å²) in [5.41, 5.74) is 0.360. The molecule has 0 unspecified atom stereocenters. The molecule has 23 heavy (non-hydrogen) atoms. The third kappa shape index (κ3) is 4.53. The molecule has 0 radical (unpaired) electrons. The van der Waals surface area contributed by atoms with Crippen molar-refractivity contribution in [1.82, 2.24) is 19.9 Å². The van der Waals surface area contributed by atoms with Crippen molar-refractivity contribution in [2.45, 2.75) is 20.4 Å². The highest BCUT2D eigenvalue weighted by Crippen LogP contribution is 2.07. The molecule has 0 bridgehead atoms. The van der Waals surface area contributed by atoms with E-state index in [1.54, 1.807) is 13.1 Å². The Morgan fingerprint density at radius 2 is 2.04 bits per heavy atom. The Morgan fingerprint density at radius 3 is 2.78 bits per heavy atom. The Kier molecular flexibility index (Phi) is 5.29. The summed E-state index contributed by atoms with van der Waals surface area (Å²) in [6, 6.07) is 3.80. The van der Waals surface area contributed by atoms with Crippen molar-refractivity contribution in [2.24, 2.45) is 0 Å². The number of aryl methyl sites for hydroxylation is 2. The molecule has 2 aromatic heterocycles. The van der Waals surface area contributed by atoms with Crippen LogP contribution in [0.15, 0.2) is 34.1 Å². The predicted molar refractivity (Wildman–Crippen MR) is 86.5 cm³/mol. The molecule has 2 aromatic rings. The molecule has 0 spiro atoms. The van der Waals surface area contributed by atoms with Gasteiger partial charge in [-0.3, -0.25) is 19.1 Å². The Balaban J connectivity index is 1.82. The first-order chi connectivity index (χ1) is 11.0. The zero-order chi connectivity index (χ0) is 16.8. The van der Waals surface area contributed by atoms with E-state index in [2.05, 4.69) is 20.6 Å². The summed E-state index contributed by atoms with van der Waals surface area (Å²) < 4.78 is 1.17. The minimum absolute atomic E-state index is 0.140. The number of aromatic amines is 1. The molecule has 0 aliphatic heterocycles. The van der Waals surface area contributed by atoms with Crippen molar-refractivity contribution in [3.05, 3.63) is 56.5 Å². The highest BCUT2D eigenvalue weighted by atomic mass is 16.2. The van der Waals surface area contributed by atoms with Crippen LogP contribution in [0.1, 0.15) is 11.1 Å². The number of hydrogen-bond acceptors (Lipinski definition) is 5. The zero-order valence-corrected chi connectivity index (χ0v) is 13.0. The number of carbonyl (C=O) groups excluding carboxylic acids is 1. The van der Waals surface area contributed by atoms with Gasteiger partial charge < -0.3 is 10.6 Å². The van der Waals surface area contributed by atoms with Crippen LogP contribution in [0, 0.1) is 13.8 Å². The predicted octanol–water partition coefficient (Wildman–Crippen LogP) is -0.223. The van der Waals surface area contributed by atoms with Gasteiger partial charge in [-0.25, -0.2) is 9.78 Å². The summed E-state index contributed by atoms with van der Waals surface area (Å²) in [5.74, 6) is 0.465. The van der Waals surface area contributed by atoms with Crippen LogP contribution in [0.3, 0.4) is 0 Å². The number of nitrogens with zero attached hydrogens (tertiary/aromatic N) is 2. The number of anilines is 1. The Morgan fingerprint density at radius 1 is 1.26 bits per heavy atom. The van der Waals surface area contributed by atoms with Gasteiger partial charge in [-0.1, -0.05) is 6.07 Å². The zero-order valence-electron chi connectivity index (χ0n) is 13.0. The van der Waals surface area contributed by atoms with Crippen LogP contribution >= 0.6 is 0 Å². The van der Waals surface area contributed by atoms with Crippen LogP contribution in [0.5, 0.6) is 0 Å².